The van der Waals surface area contributed by atoms with Crippen molar-refractivity contribution >= 4 is 29.0 Å². The van der Waals surface area contributed by atoms with Gasteiger partial charge in [0.1, 0.15) is 0 Å². The van der Waals surface area contributed by atoms with Crippen LogP contribution in [0.5, 0.6) is 0 Å². The quantitative estimate of drug-likeness (QED) is 0.331. The Hall–Kier alpha value is -3.97. The fraction of sp³-hybridized carbons (Fsp3) is 0.207. The Kier molecular flexibility index (Phi) is 6.10. The van der Waals surface area contributed by atoms with Gasteiger partial charge in [0.05, 0.1) is 23.3 Å². The molecule has 0 saturated carbocycles. The third-order valence-electron chi connectivity index (χ3n) is 6.72. The van der Waals surface area contributed by atoms with Crippen LogP contribution in [0.25, 0.3) is 5.69 Å². The molecule has 1 aliphatic heterocycles. The molecule has 1 aliphatic rings. The lowest BCUT2D eigenvalue weighted by Crippen LogP contribution is -2.29. The minimum atomic E-state index is -0.943. The average molecular weight is 497 g/mol. The summed E-state index contributed by atoms with van der Waals surface area (Å²) in [5.41, 5.74) is 8.51. The van der Waals surface area contributed by atoms with Crippen LogP contribution in [0.4, 0.5) is 5.69 Å². The first kappa shape index (κ1) is 23.8. The second-order valence-corrected chi connectivity index (χ2v) is 9.75. The molecule has 5 rings (SSSR count). The molecule has 2 aromatic carbocycles. The van der Waals surface area contributed by atoms with Gasteiger partial charge in [-0.25, -0.2) is 4.79 Å². The molecule has 0 aliphatic carbocycles. The van der Waals surface area contributed by atoms with Crippen molar-refractivity contribution in [2.45, 2.75) is 39.8 Å². The van der Waals surface area contributed by atoms with Crippen LogP contribution < -0.4 is 10.2 Å². The van der Waals surface area contributed by atoms with Crippen molar-refractivity contribution in [1.29, 1.82) is 0 Å². The SMILES string of the molecule is Cc1cc(C)cc(N2C(=S)N[C@@H](c3ccccn3)[C@H]2c2cc(C)n(-c3cccc(C(=O)O)c3)c2C)c1. The summed E-state index contributed by atoms with van der Waals surface area (Å²) in [5, 5.41) is 13.7. The average Bonchev–Trinajstić information content (AvgIpc) is 3.34. The molecule has 0 amide bonds. The highest BCUT2D eigenvalue weighted by Gasteiger charge is 2.42. The molecule has 2 N–H and O–H groups in total. The van der Waals surface area contributed by atoms with Gasteiger partial charge in [-0.3, -0.25) is 4.98 Å². The number of hydrogen-bond acceptors (Lipinski definition) is 3. The Morgan fingerprint density at radius 2 is 1.69 bits per heavy atom. The van der Waals surface area contributed by atoms with Crippen LogP contribution in [0.2, 0.25) is 0 Å². The van der Waals surface area contributed by atoms with Gasteiger partial charge in [-0.15, -0.1) is 0 Å². The van der Waals surface area contributed by atoms with Crippen LogP contribution in [0.15, 0.2) is 72.9 Å². The summed E-state index contributed by atoms with van der Waals surface area (Å²) in [6.45, 7) is 8.30. The first-order valence-corrected chi connectivity index (χ1v) is 12.3. The topological polar surface area (TPSA) is 70.4 Å². The minimum absolute atomic E-state index is 0.142. The van der Waals surface area contributed by atoms with E-state index in [9.17, 15) is 9.90 Å². The molecule has 2 aromatic heterocycles. The zero-order valence-electron chi connectivity index (χ0n) is 20.7. The van der Waals surface area contributed by atoms with E-state index in [1.54, 1.807) is 24.4 Å². The van der Waals surface area contributed by atoms with Crippen molar-refractivity contribution in [3.8, 4) is 5.69 Å². The molecule has 3 heterocycles. The van der Waals surface area contributed by atoms with Crippen molar-refractivity contribution in [3.05, 3.63) is 112 Å². The van der Waals surface area contributed by atoms with Gasteiger partial charge in [-0.05, 0) is 105 Å². The molecule has 0 spiro atoms. The van der Waals surface area contributed by atoms with Crippen molar-refractivity contribution in [2.75, 3.05) is 4.90 Å². The van der Waals surface area contributed by atoms with E-state index >= 15 is 0 Å². The maximum atomic E-state index is 11.6. The van der Waals surface area contributed by atoms with Crippen LogP contribution in [-0.2, 0) is 0 Å². The van der Waals surface area contributed by atoms with Crippen LogP contribution in [0.1, 0.15) is 56.2 Å². The maximum absolute atomic E-state index is 11.6. The second-order valence-electron chi connectivity index (χ2n) is 9.36. The lowest BCUT2D eigenvalue weighted by Gasteiger charge is -2.29. The third-order valence-corrected chi connectivity index (χ3v) is 7.04. The highest BCUT2D eigenvalue weighted by molar-refractivity contribution is 7.80. The molecule has 36 heavy (non-hydrogen) atoms. The lowest BCUT2D eigenvalue weighted by atomic mass is 9.96. The number of aromatic carboxylic acids is 1. The lowest BCUT2D eigenvalue weighted by molar-refractivity contribution is 0.0697. The van der Waals surface area contributed by atoms with Gasteiger partial charge in [-0.2, -0.15) is 0 Å². The normalized spacial score (nSPS) is 17.3. The van der Waals surface area contributed by atoms with Gasteiger partial charge in [-0.1, -0.05) is 18.2 Å². The van der Waals surface area contributed by atoms with E-state index < -0.39 is 5.97 Å². The highest BCUT2D eigenvalue weighted by atomic mass is 32.1. The molecule has 7 heteroatoms. The standard InChI is InChI=1S/C29H28N4O2S/c1-17-12-18(2)14-23(13-17)33-27(26(31-29(33)36)25-10-5-6-11-30-25)24-15-19(3)32(20(24)4)22-9-7-8-21(16-22)28(34)35/h5-16,26-27H,1-4H3,(H,31,36)(H,34,35)/t26-,27+/m0/s1. The third kappa shape index (κ3) is 4.16. The zero-order chi connectivity index (χ0) is 25.6. The number of nitrogens with one attached hydrogen (secondary N) is 1. The Balaban J connectivity index is 1.69. The molecule has 4 aromatic rings. The number of carbonyl (C=O) groups is 1. The van der Waals surface area contributed by atoms with Crippen LogP contribution in [0.3, 0.4) is 0 Å². The van der Waals surface area contributed by atoms with Crippen molar-refractivity contribution in [3.63, 3.8) is 0 Å². The van der Waals surface area contributed by atoms with E-state index in [4.69, 9.17) is 12.2 Å². The van der Waals surface area contributed by atoms with E-state index in [1.165, 1.54) is 11.1 Å². The molecular formula is C29H28N4O2S. The monoisotopic (exact) mass is 496 g/mol. The fourth-order valence-electron chi connectivity index (χ4n) is 5.30. The zero-order valence-corrected chi connectivity index (χ0v) is 21.5. The van der Waals surface area contributed by atoms with E-state index in [-0.39, 0.29) is 17.6 Å². The van der Waals surface area contributed by atoms with Crippen LogP contribution in [0, 0.1) is 27.7 Å². The molecule has 0 bridgehead atoms. The number of hydrogen-bond donors (Lipinski definition) is 2. The Morgan fingerprint density at radius 3 is 2.36 bits per heavy atom. The first-order valence-electron chi connectivity index (χ1n) is 11.9. The predicted octanol–water partition coefficient (Wildman–Crippen LogP) is 5.98. The Morgan fingerprint density at radius 1 is 0.944 bits per heavy atom. The summed E-state index contributed by atoms with van der Waals surface area (Å²) < 4.78 is 2.11. The van der Waals surface area contributed by atoms with Gasteiger partial charge < -0.3 is 19.9 Å². The summed E-state index contributed by atoms with van der Waals surface area (Å²) >= 11 is 5.90. The number of thiocarbonyl (C=S) groups is 1. The largest absolute Gasteiger partial charge is 0.478 e. The van der Waals surface area contributed by atoms with E-state index in [0.717, 1.165) is 34.0 Å². The molecule has 1 fully saturated rings. The minimum Gasteiger partial charge on any atom is -0.478 e. The summed E-state index contributed by atoms with van der Waals surface area (Å²) in [7, 11) is 0. The number of aromatic nitrogens is 2. The van der Waals surface area contributed by atoms with Gasteiger partial charge in [0, 0.05) is 29.0 Å². The Labute approximate surface area is 216 Å². The molecule has 0 unspecified atom stereocenters. The van der Waals surface area contributed by atoms with Gasteiger partial charge in [0.25, 0.3) is 0 Å². The number of rotatable bonds is 5. The van der Waals surface area contributed by atoms with Gasteiger partial charge >= 0.3 is 5.97 Å². The number of carboxylic acid groups (broad SMARTS) is 1. The van der Waals surface area contributed by atoms with Crippen molar-refractivity contribution in [1.82, 2.24) is 14.9 Å². The van der Waals surface area contributed by atoms with Crippen LogP contribution in [-0.4, -0.2) is 25.7 Å². The van der Waals surface area contributed by atoms with Crippen molar-refractivity contribution < 1.29 is 9.90 Å². The van der Waals surface area contributed by atoms with Crippen LogP contribution >= 0.6 is 12.2 Å². The fourth-order valence-corrected chi connectivity index (χ4v) is 5.65. The second kappa shape index (κ2) is 9.24. The van der Waals surface area contributed by atoms with E-state index in [0.29, 0.717) is 5.11 Å². The van der Waals surface area contributed by atoms with E-state index in [2.05, 4.69) is 64.8 Å². The van der Waals surface area contributed by atoms with Gasteiger partial charge in [0.2, 0.25) is 0 Å². The maximum Gasteiger partial charge on any atom is 0.335 e. The molecule has 1 saturated heterocycles. The number of benzene rings is 2. The Bertz CT molecular complexity index is 1460. The molecular weight excluding hydrogens is 468 g/mol. The van der Waals surface area contributed by atoms with Crippen molar-refractivity contribution in [2.24, 2.45) is 0 Å². The first-order chi connectivity index (χ1) is 17.2. The summed E-state index contributed by atoms with van der Waals surface area (Å²) in [5.74, 6) is -0.943. The summed E-state index contributed by atoms with van der Waals surface area (Å²) in [6.07, 6.45) is 1.80. The number of anilines is 1. The van der Waals surface area contributed by atoms with E-state index in [1.807, 2.05) is 31.2 Å². The van der Waals surface area contributed by atoms with Gasteiger partial charge in [0.15, 0.2) is 5.11 Å². The highest BCUT2D eigenvalue weighted by Crippen LogP contribution is 2.44. The number of nitrogens with zero attached hydrogens (tertiary/aromatic N) is 3. The summed E-state index contributed by atoms with van der Waals surface area (Å²) in [6, 6.07) is 21.3. The number of aryl methyl sites for hydroxylation is 3. The molecule has 2 atom stereocenters. The smallest absolute Gasteiger partial charge is 0.335 e. The molecule has 6 nitrogen and oxygen atoms in total. The number of carboxylic acids is 1. The summed E-state index contributed by atoms with van der Waals surface area (Å²) in [4.78, 5) is 18.5. The molecule has 0 radical (unpaired) electrons. The molecule has 182 valence electrons. The number of pyridine rings is 1. The predicted molar refractivity (Wildman–Crippen MR) is 146 cm³/mol.